The number of nitrogens with one attached hydrogen (secondary N) is 1. The van der Waals surface area contributed by atoms with Crippen LogP contribution in [0.25, 0.3) is 10.8 Å². The van der Waals surface area contributed by atoms with Gasteiger partial charge in [0.15, 0.2) is 0 Å². The molecule has 1 amide bonds. The fraction of sp³-hybridized carbons (Fsp3) is 0.167. The lowest BCUT2D eigenvalue weighted by molar-refractivity contribution is -0.274. The number of amides is 1. The van der Waals surface area contributed by atoms with E-state index in [2.05, 4.69) is 20.3 Å². The molecule has 0 aliphatic carbocycles. The van der Waals surface area contributed by atoms with Crippen molar-refractivity contribution in [3.8, 4) is 5.75 Å². The Labute approximate surface area is 156 Å². The van der Waals surface area contributed by atoms with Crippen LogP contribution >= 0.6 is 11.8 Å². The van der Waals surface area contributed by atoms with Gasteiger partial charge in [0.05, 0.1) is 11.4 Å². The molecule has 3 rings (SSSR count). The monoisotopic (exact) mass is 393 g/mol. The van der Waals surface area contributed by atoms with E-state index in [1.54, 1.807) is 13.1 Å². The number of benzene rings is 2. The molecule has 0 spiro atoms. The molecule has 0 unspecified atom stereocenters. The predicted octanol–water partition coefficient (Wildman–Crippen LogP) is 4.65. The van der Waals surface area contributed by atoms with E-state index in [-0.39, 0.29) is 11.7 Å². The molecule has 0 aliphatic rings. The molecule has 0 fully saturated rings. The molecule has 140 valence electrons. The van der Waals surface area contributed by atoms with Crippen LogP contribution < -0.4 is 10.1 Å². The Balaban J connectivity index is 1.65. The van der Waals surface area contributed by atoms with E-state index in [1.165, 1.54) is 23.9 Å². The summed E-state index contributed by atoms with van der Waals surface area (Å²) in [5, 5.41) is 12.6. The van der Waals surface area contributed by atoms with Gasteiger partial charge in [-0.2, -0.15) is 5.10 Å². The fourth-order valence-electron chi connectivity index (χ4n) is 2.29. The first-order chi connectivity index (χ1) is 12.8. The summed E-state index contributed by atoms with van der Waals surface area (Å²) >= 11 is 1.25. The number of halogens is 3. The summed E-state index contributed by atoms with van der Waals surface area (Å²) in [5.41, 5.74) is 0.367. The SMILES string of the molecule is C[C@H](Sc1nncc2ccccc12)C(=O)Nc1ccc(OC(F)(F)F)cc1. The molecule has 5 nitrogen and oxygen atoms in total. The number of rotatable bonds is 5. The van der Waals surface area contributed by atoms with Crippen LogP contribution in [0.2, 0.25) is 0 Å². The maximum atomic E-state index is 12.4. The number of hydrogen-bond acceptors (Lipinski definition) is 5. The summed E-state index contributed by atoms with van der Waals surface area (Å²) in [6.07, 6.45) is -3.11. The van der Waals surface area contributed by atoms with E-state index < -0.39 is 11.6 Å². The maximum Gasteiger partial charge on any atom is 0.573 e. The van der Waals surface area contributed by atoms with Crippen LogP contribution in [0.5, 0.6) is 5.75 Å². The Bertz CT molecular complexity index is 943. The molecule has 1 aromatic heterocycles. The van der Waals surface area contributed by atoms with E-state index in [1.807, 2.05) is 24.3 Å². The van der Waals surface area contributed by atoms with Gasteiger partial charge < -0.3 is 10.1 Å². The van der Waals surface area contributed by atoms with Crippen molar-refractivity contribution in [1.82, 2.24) is 10.2 Å². The highest BCUT2D eigenvalue weighted by Crippen LogP contribution is 2.29. The third-order valence-electron chi connectivity index (χ3n) is 3.55. The van der Waals surface area contributed by atoms with Gasteiger partial charge in [0.2, 0.25) is 5.91 Å². The molecule has 3 aromatic rings. The van der Waals surface area contributed by atoms with Gasteiger partial charge in [-0.05, 0) is 31.2 Å². The highest BCUT2D eigenvalue weighted by Gasteiger charge is 2.31. The summed E-state index contributed by atoms with van der Waals surface area (Å²) in [7, 11) is 0. The lowest BCUT2D eigenvalue weighted by Crippen LogP contribution is -2.22. The molecule has 27 heavy (non-hydrogen) atoms. The highest BCUT2D eigenvalue weighted by molar-refractivity contribution is 8.00. The van der Waals surface area contributed by atoms with Crippen molar-refractivity contribution in [1.29, 1.82) is 0 Å². The van der Waals surface area contributed by atoms with Crippen LogP contribution in [0.15, 0.2) is 59.8 Å². The summed E-state index contributed by atoms with van der Waals surface area (Å²) in [6, 6.07) is 12.5. The normalized spacial score (nSPS) is 12.6. The Kier molecular flexibility index (Phi) is 5.50. The zero-order valence-corrected chi connectivity index (χ0v) is 14.8. The Hall–Kier alpha value is -2.81. The van der Waals surface area contributed by atoms with Crippen LogP contribution in [0, 0.1) is 0 Å². The number of anilines is 1. The number of alkyl halides is 3. The molecule has 1 heterocycles. The standard InChI is InChI=1S/C18H14F3N3O2S/c1-11(27-17-15-5-3-2-4-12(15)10-22-24-17)16(25)23-13-6-8-14(9-7-13)26-18(19,20)21/h2-11H,1H3,(H,23,25)/t11-/m0/s1. The topological polar surface area (TPSA) is 64.1 Å². The van der Waals surface area contributed by atoms with Gasteiger partial charge in [0.25, 0.3) is 0 Å². The number of fused-ring (bicyclic) bond motifs is 1. The lowest BCUT2D eigenvalue weighted by atomic mass is 10.2. The van der Waals surface area contributed by atoms with Crippen LogP contribution in [0.1, 0.15) is 6.92 Å². The molecule has 9 heteroatoms. The first-order valence-corrected chi connectivity index (χ1v) is 8.73. The van der Waals surface area contributed by atoms with E-state index in [4.69, 9.17) is 0 Å². The third kappa shape index (κ3) is 5.10. The van der Waals surface area contributed by atoms with Crippen molar-refractivity contribution in [2.24, 2.45) is 0 Å². The number of thioether (sulfide) groups is 1. The van der Waals surface area contributed by atoms with Gasteiger partial charge in [-0.1, -0.05) is 36.0 Å². The van der Waals surface area contributed by atoms with Crippen LogP contribution in [-0.4, -0.2) is 27.7 Å². The molecule has 0 saturated heterocycles. The second kappa shape index (κ2) is 7.83. The van der Waals surface area contributed by atoms with Gasteiger partial charge >= 0.3 is 6.36 Å². The lowest BCUT2D eigenvalue weighted by Gasteiger charge is -2.13. The zero-order valence-electron chi connectivity index (χ0n) is 14.0. The van der Waals surface area contributed by atoms with Crippen molar-refractivity contribution in [2.45, 2.75) is 23.6 Å². The minimum atomic E-state index is -4.75. The van der Waals surface area contributed by atoms with Gasteiger partial charge in [0, 0.05) is 16.5 Å². The largest absolute Gasteiger partial charge is 0.573 e. The van der Waals surface area contributed by atoms with Crippen molar-refractivity contribution in [3.63, 3.8) is 0 Å². The average molecular weight is 393 g/mol. The second-order valence-corrected chi connectivity index (χ2v) is 6.89. The predicted molar refractivity (Wildman–Crippen MR) is 96.6 cm³/mol. The molecule has 0 saturated carbocycles. The van der Waals surface area contributed by atoms with Crippen molar-refractivity contribution >= 4 is 34.1 Å². The summed E-state index contributed by atoms with van der Waals surface area (Å²) in [6.45, 7) is 1.71. The van der Waals surface area contributed by atoms with Crippen LogP contribution in [0.4, 0.5) is 18.9 Å². The Morgan fingerprint density at radius 3 is 2.56 bits per heavy atom. The molecule has 1 atom stereocenters. The number of carbonyl (C=O) groups excluding carboxylic acids is 1. The zero-order chi connectivity index (χ0) is 19.4. The molecule has 0 bridgehead atoms. The molecule has 0 radical (unpaired) electrons. The Morgan fingerprint density at radius 1 is 1.15 bits per heavy atom. The summed E-state index contributed by atoms with van der Waals surface area (Å²) in [4.78, 5) is 12.4. The molecule has 0 aliphatic heterocycles. The summed E-state index contributed by atoms with van der Waals surface area (Å²) < 4.78 is 40.3. The first kappa shape index (κ1) is 19.0. The van der Waals surface area contributed by atoms with Crippen molar-refractivity contribution in [3.05, 3.63) is 54.7 Å². The maximum absolute atomic E-state index is 12.4. The van der Waals surface area contributed by atoms with Gasteiger partial charge in [0.1, 0.15) is 10.8 Å². The van der Waals surface area contributed by atoms with Gasteiger partial charge in [-0.3, -0.25) is 4.79 Å². The third-order valence-corrected chi connectivity index (χ3v) is 4.64. The summed E-state index contributed by atoms with van der Waals surface area (Å²) in [5.74, 6) is -0.659. The van der Waals surface area contributed by atoms with E-state index in [0.29, 0.717) is 10.7 Å². The molecule has 2 aromatic carbocycles. The highest BCUT2D eigenvalue weighted by atomic mass is 32.2. The van der Waals surface area contributed by atoms with Crippen molar-refractivity contribution < 1.29 is 22.7 Å². The number of carbonyl (C=O) groups is 1. The smallest absolute Gasteiger partial charge is 0.406 e. The van der Waals surface area contributed by atoms with Crippen molar-refractivity contribution in [2.75, 3.05) is 5.32 Å². The van der Waals surface area contributed by atoms with Crippen LogP contribution in [-0.2, 0) is 4.79 Å². The van der Waals surface area contributed by atoms with Gasteiger partial charge in [-0.25, -0.2) is 0 Å². The second-order valence-electron chi connectivity index (χ2n) is 5.56. The quantitative estimate of drug-likeness (QED) is 0.640. The molecular formula is C18H14F3N3O2S. The average Bonchev–Trinajstić information content (AvgIpc) is 2.62. The first-order valence-electron chi connectivity index (χ1n) is 7.85. The van der Waals surface area contributed by atoms with E-state index in [0.717, 1.165) is 22.9 Å². The number of aromatic nitrogens is 2. The van der Waals surface area contributed by atoms with Gasteiger partial charge in [-0.15, -0.1) is 18.3 Å². The number of hydrogen-bond donors (Lipinski definition) is 1. The minimum Gasteiger partial charge on any atom is -0.406 e. The minimum absolute atomic E-state index is 0.306. The molecule has 1 N–H and O–H groups in total. The van der Waals surface area contributed by atoms with Crippen LogP contribution in [0.3, 0.4) is 0 Å². The van der Waals surface area contributed by atoms with E-state index in [9.17, 15) is 18.0 Å². The van der Waals surface area contributed by atoms with E-state index >= 15 is 0 Å². The fourth-order valence-corrected chi connectivity index (χ4v) is 3.20. The Morgan fingerprint density at radius 2 is 1.85 bits per heavy atom. The number of nitrogens with zero attached hydrogens (tertiary/aromatic N) is 2. The molecular weight excluding hydrogens is 379 g/mol. The number of ether oxygens (including phenoxy) is 1.